The summed E-state index contributed by atoms with van der Waals surface area (Å²) in [5.74, 6) is 0.295. The van der Waals surface area contributed by atoms with E-state index in [1.54, 1.807) is 12.1 Å². The molecule has 0 atom stereocenters. The maximum Gasteiger partial charge on any atom is 0.144 e. The molecule has 0 aliphatic heterocycles. The first kappa shape index (κ1) is 22.5. The predicted molar refractivity (Wildman–Crippen MR) is 127 cm³/mol. The van der Waals surface area contributed by atoms with Gasteiger partial charge in [0, 0.05) is 0 Å². The number of halogens is 1. The summed E-state index contributed by atoms with van der Waals surface area (Å²) >= 11 is 0. The van der Waals surface area contributed by atoms with E-state index < -0.39 is 7.26 Å². The molecule has 152 valence electrons. The lowest BCUT2D eigenvalue weighted by Crippen LogP contribution is -3.00. The molecule has 0 spiro atoms. The molecule has 0 bridgehead atoms. The molecule has 0 aromatic heterocycles. The fourth-order valence-electron chi connectivity index (χ4n) is 3.88. The summed E-state index contributed by atoms with van der Waals surface area (Å²) in [5, 5.41) is 15.2. The van der Waals surface area contributed by atoms with E-state index in [1.807, 2.05) is 0 Å². The molecule has 4 rings (SSSR count). The lowest BCUT2D eigenvalue weighted by Gasteiger charge is -2.28. The van der Waals surface area contributed by atoms with Crippen molar-refractivity contribution in [2.75, 3.05) is 0 Å². The van der Waals surface area contributed by atoms with E-state index in [0.29, 0.717) is 5.75 Å². The maximum atomic E-state index is 9.96. The summed E-state index contributed by atoms with van der Waals surface area (Å²) in [7, 11) is -2.10. The van der Waals surface area contributed by atoms with Crippen LogP contribution in [-0.2, 0) is 0 Å². The Morgan fingerprint density at radius 3 is 0.933 bits per heavy atom. The van der Waals surface area contributed by atoms with Gasteiger partial charge in [0.15, 0.2) is 0 Å². The molecule has 0 aliphatic carbocycles. The van der Waals surface area contributed by atoms with Crippen molar-refractivity contribution in [1.29, 1.82) is 0 Å². The fourth-order valence-corrected chi connectivity index (χ4v) is 8.05. The molecule has 0 saturated heterocycles. The van der Waals surface area contributed by atoms with Crippen LogP contribution in [0.4, 0.5) is 0 Å². The minimum Gasteiger partial charge on any atom is -1.00 e. The average molecular weight is 524 g/mol. The van der Waals surface area contributed by atoms with Crippen LogP contribution < -0.4 is 45.2 Å². The monoisotopic (exact) mass is 524 g/mol. The van der Waals surface area contributed by atoms with Gasteiger partial charge >= 0.3 is 0 Å². The topological polar surface area (TPSA) is 20.2 Å². The van der Waals surface area contributed by atoms with Gasteiger partial charge in [0.05, 0.1) is 0 Å². The van der Waals surface area contributed by atoms with E-state index in [9.17, 15) is 5.11 Å². The summed E-state index contributed by atoms with van der Waals surface area (Å²) < 4.78 is 0. The predicted octanol–water partition coefficient (Wildman–Crippen LogP) is 1.94. The zero-order chi connectivity index (χ0) is 20.4. The summed E-state index contributed by atoms with van der Waals surface area (Å²) in [6.45, 7) is 6.38. The summed E-state index contributed by atoms with van der Waals surface area (Å²) in [6, 6.07) is 34.6. The SMILES string of the molecule is Cc1ccc([P+](c2ccc(C)cc2)(c2ccc(C)cc2)c2ccc(O)cc2)cc1.[I-]. The molecule has 0 heterocycles. The van der Waals surface area contributed by atoms with Gasteiger partial charge in [-0.2, -0.15) is 0 Å². The highest BCUT2D eigenvalue weighted by Crippen LogP contribution is 2.54. The third-order valence-electron chi connectivity index (χ3n) is 5.50. The molecule has 0 radical (unpaired) electrons. The van der Waals surface area contributed by atoms with Crippen LogP contribution in [0, 0.1) is 20.8 Å². The molecular weight excluding hydrogens is 498 g/mol. The number of hydrogen-bond donors (Lipinski definition) is 1. The minimum atomic E-state index is -2.10. The van der Waals surface area contributed by atoms with Gasteiger partial charge in [-0.05, 0) is 81.4 Å². The standard InChI is InChI=1S/C27H25OP.HI/c1-20-4-12-24(13-5-20)29(25-14-6-21(2)7-15-25,26-16-8-22(3)9-17-26)27-18-10-23(28)11-19-27;/h4-19H,1-3H3;1H. The number of benzene rings is 4. The van der Waals surface area contributed by atoms with Gasteiger partial charge in [0.2, 0.25) is 0 Å². The first-order valence-electron chi connectivity index (χ1n) is 9.90. The fraction of sp³-hybridized carbons (Fsp3) is 0.111. The zero-order valence-corrected chi connectivity index (χ0v) is 20.6. The Kier molecular flexibility index (Phi) is 7.00. The number of phenols is 1. The second kappa shape index (κ2) is 9.32. The smallest absolute Gasteiger partial charge is 0.144 e. The van der Waals surface area contributed by atoms with Crippen LogP contribution in [0.15, 0.2) is 97.1 Å². The summed E-state index contributed by atoms with van der Waals surface area (Å²) in [6.07, 6.45) is 0. The average Bonchev–Trinajstić information content (AvgIpc) is 2.73. The molecule has 0 aliphatic rings. The van der Waals surface area contributed by atoms with Crippen molar-refractivity contribution in [3.05, 3.63) is 114 Å². The Hall–Kier alpha value is -2.16. The quantitative estimate of drug-likeness (QED) is 0.320. The third kappa shape index (κ3) is 4.17. The van der Waals surface area contributed by atoms with E-state index >= 15 is 0 Å². The van der Waals surface area contributed by atoms with Gasteiger partial charge in [0.1, 0.15) is 34.2 Å². The number of rotatable bonds is 4. The van der Waals surface area contributed by atoms with Crippen LogP contribution >= 0.6 is 7.26 Å². The minimum absolute atomic E-state index is 0. The van der Waals surface area contributed by atoms with Crippen molar-refractivity contribution in [3.63, 3.8) is 0 Å². The van der Waals surface area contributed by atoms with Crippen LogP contribution in [0.25, 0.3) is 0 Å². The van der Waals surface area contributed by atoms with E-state index in [2.05, 4.69) is 106 Å². The van der Waals surface area contributed by atoms with Gasteiger partial charge in [-0.25, -0.2) is 0 Å². The van der Waals surface area contributed by atoms with Crippen LogP contribution in [-0.4, -0.2) is 5.11 Å². The second-order valence-electron chi connectivity index (χ2n) is 7.69. The molecular formula is C27H26IOP. The van der Waals surface area contributed by atoms with Crippen molar-refractivity contribution in [2.45, 2.75) is 20.8 Å². The Balaban J connectivity index is 0.00000256. The molecule has 3 heteroatoms. The highest BCUT2D eigenvalue weighted by molar-refractivity contribution is 8.01. The Morgan fingerprint density at radius 2 is 0.667 bits per heavy atom. The van der Waals surface area contributed by atoms with Crippen molar-refractivity contribution in [2.24, 2.45) is 0 Å². The molecule has 30 heavy (non-hydrogen) atoms. The molecule has 0 amide bonds. The van der Waals surface area contributed by atoms with Crippen LogP contribution in [0.1, 0.15) is 16.7 Å². The Labute approximate surface area is 197 Å². The Bertz CT molecular complexity index is 912. The molecule has 0 fully saturated rings. The van der Waals surface area contributed by atoms with Crippen LogP contribution in [0.2, 0.25) is 0 Å². The molecule has 0 unspecified atom stereocenters. The maximum absolute atomic E-state index is 9.96. The largest absolute Gasteiger partial charge is 1.00 e. The highest BCUT2D eigenvalue weighted by Gasteiger charge is 2.47. The first-order valence-corrected chi connectivity index (χ1v) is 11.7. The zero-order valence-electron chi connectivity index (χ0n) is 17.5. The van der Waals surface area contributed by atoms with Crippen molar-refractivity contribution in [1.82, 2.24) is 0 Å². The number of aryl methyl sites for hydroxylation is 3. The normalized spacial score (nSPS) is 11.0. The van der Waals surface area contributed by atoms with Crippen molar-refractivity contribution >= 4 is 28.5 Å². The second-order valence-corrected chi connectivity index (χ2v) is 11.1. The van der Waals surface area contributed by atoms with E-state index in [-0.39, 0.29) is 24.0 Å². The van der Waals surface area contributed by atoms with Crippen LogP contribution in [0.3, 0.4) is 0 Å². The number of hydrogen-bond acceptors (Lipinski definition) is 1. The lowest BCUT2D eigenvalue weighted by molar-refractivity contribution is -0.00000687. The van der Waals surface area contributed by atoms with Gasteiger partial charge in [-0.3, -0.25) is 0 Å². The molecule has 0 saturated carbocycles. The lowest BCUT2D eigenvalue weighted by atomic mass is 10.2. The third-order valence-corrected chi connectivity index (χ3v) is 9.79. The Morgan fingerprint density at radius 1 is 0.433 bits per heavy atom. The molecule has 4 aromatic rings. The van der Waals surface area contributed by atoms with Gasteiger partial charge in [0.25, 0.3) is 0 Å². The molecule has 4 aromatic carbocycles. The summed E-state index contributed by atoms with van der Waals surface area (Å²) in [4.78, 5) is 0. The van der Waals surface area contributed by atoms with E-state index in [1.165, 1.54) is 37.9 Å². The number of aromatic hydroxyl groups is 1. The first-order chi connectivity index (χ1) is 14.0. The van der Waals surface area contributed by atoms with E-state index in [0.717, 1.165) is 0 Å². The van der Waals surface area contributed by atoms with Crippen LogP contribution in [0.5, 0.6) is 5.75 Å². The molecule has 1 N–H and O–H groups in total. The van der Waals surface area contributed by atoms with Crippen molar-refractivity contribution in [3.8, 4) is 5.75 Å². The van der Waals surface area contributed by atoms with Gasteiger partial charge in [-0.1, -0.05) is 53.1 Å². The van der Waals surface area contributed by atoms with Gasteiger partial charge < -0.3 is 29.1 Å². The number of phenolic OH excluding ortho intramolecular Hbond substituents is 1. The van der Waals surface area contributed by atoms with E-state index in [4.69, 9.17) is 0 Å². The van der Waals surface area contributed by atoms with Crippen molar-refractivity contribution < 1.29 is 29.1 Å². The van der Waals surface area contributed by atoms with Gasteiger partial charge in [-0.15, -0.1) is 0 Å². The summed E-state index contributed by atoms with van der Waals surface area (Å²) in [5.41, 5.74) is 3.76. The molecule has 1 nitrogen and oxygen atoms in total. The highest BCUT2D eigenvalue weighted by atomic mass is 127.